The summed E-state index contributed by atoms with van der Waals surface area (Å²) >= 11 is 0. The van der Waals surface area contributed by atoms with E-state index in [2.05, 4.69) is 4.99 Å². The lowest BCUT2D eigenvalue weighted by atomic mass is 10.1. The lowest BCUT2D eigenvalue weighted by Gasteiger charge is -2.14. The number of hydrogen-bond acceptors (Lipinski definition) is 7. The molecule has 0 aromatic heterocycles. The third-order valence-corrected chi connectivity index (χ3v) is 5.25. The van der Waals surface area contributed by atoms with Gasteiger partial charge in [0.2, 0.25) is 5.90 Å². The number of aliphatic imine (C=N–C) groups is 1. The van der Waals surface area contributed by atoms with Crippen LogP contribution in [-0.2, 0) is 16.1 Å². The van der Waals surface area contributed by atoms with Crippen LogP contribution < -0.4 is 9.47 Å². The third-order valence-electron chi connectivity index (χ3n) is 5.25. The highest BCUT2D eigenvalue weighted by atomic mass is 16.6. The molecule has 34 heavy (non-hydrogen) atoms. The van der Waals surface area contributed by atoms with Crippen molar-refractivity contribution in [2.24, 2.45) is 4.99 Å². The Morgan fingerprint density at radius 2 is 1.88 bits per heavy atom. The van der Waals surface area contributed by atoms with E-state index in [1.165, 1.54) is 12.1 Å². The summed E-state index contributed by atoms with van der Waals surface area (Å²) in [6.07, 6.45) is 1.57. The van der Waals surface area contributed by atoms with Gasteiger partial charge in [-0.25, -0.2) is 9.79 Å². The highest BCUT2D eigenvalue weighted by molar-refractivity contribution is 6.13. The number of nitrogens with zero attached hydrogens (tertiary/aromatic N) is 2. The molecule has 0 N–H and O–H groups in total. The van der Waals surface area contributed by atoms with Crippen molar-refractivity contribution >= 4 is 23.6 Å². The number of benzene rings is 3. The molecule has 0 unspecified atom stereocenters. The molecule has 0 amide bonds. The molecule has 0 saturated heterocycles. The fraction of sp³-hybridized carbons (Fsp3) is 0.154. The number of carbonyl (C=O) groups excluding carboxylic acids is 1. The Morgan fingerprint density at radius 3 is 2.59 bits per heavy atom. The van der Waals surface area contributed by atoms with Crippen molar-refractivity contribution in [2.75, 3.05) is 7.11 Å². The van der Waals surface area contributed by atoms with Crippen molar-refractivity contribution in [1.29, 1.82) is 0 Å². The Balaban J connectivity index is 1.65. The van der Waals surface area contributed by atoms with Gasteiger partial charge < -0.3 is 14.2 Å². The first-order chi connectivity index (χ1) is 16.4. The van der Waals surface area contributed by atoms with Crippen molar-refractivity contribution < 1.29 is 23.9 Å². The van der Waals surface area contributed by atoms with Gasteiger partial charge in [0, 0.05) is 22.8 Å². The molecule has 4 rings (SSSR count). The summed E-state index contributed by atoms with van der Waals surface area (Å²) in [6, 6.07) is 17.8. The predicted molar refractivity (Wildman–Crippen MR) is 127 cm³/mol. The first-order valence-electron chi connectivity index (χ1n) is 10.5. The zero-order valence-corrected chi connectivity index (χ0v) is 18.9. The molecule has 172 valence electrons. The number of nitro groups is 1. The van der Waals surface area contributed by atoms with E-state index in [-0.39, 0.29) is 17.3 Å². The predicted octanol–water partition coefficient (Wildman–Crippen LogP) is 5.14. The van der Waals surface area contributed by atoms with Gasteiger partial charge in [-0.3, -0.25) is 10.1 Å². The maximum absolute atomic E-state index is 12.5. The summed E-state index contributed by atoms with van der Waals surface area (Å²) < 4.78 is 16.9. The van der Waals surface area contributed by atoms with E-state index < -0.39 is 10.9 Å². The van der Waals surface area contributed by atoms with Crippen LogP contribution in [-0.4, -0.2) is 23.9 Å². The Labute approximate surface area is 196 Å². The molecule has 0 saturated carbocycles. The van der Waals surface area contributed by atoms with Gasteiger partial charge in [-0.05, 0) is 43.7 Å². The fourth-order valence-corrected chi connectivity index (χ4v) is 3.59. The second kappa shape index (κ2) is 9.58. The molecule has 0 spiro atoms. The van der Waals surface area contributed by atoms with Gasteiger partial charge in [0.1, 0.15) is 6.61 Å². The van der Waals surface area contributed by atoms with E-state index in [1.54, 1.807) is 44.4 Å². The van der Waals surface area contributed by atoms with E-state index in [0.29, 0.717) is 34.8 Å². The van der Waals surface area contributed by atoms with Gasteiger partial charge in [0.05, 0.1) is 12.0 Å². The first kappa shape index (κ1) is 22.7. The summed E-state index contributed by atoms with van der Waals surface area (Å²) in [5, 5.41) is 11.1. The molecule has 1 aliphatic heterocycles. The summed E-state index contributed by atoms with van der Waals surface area (Å²) in [5.41, 5.74) is 3.71. The average molecular weight is 458 g/mol. The number of aryl methyl sites for hydroxylation is 2. The van der Waals surface area contributed by atoms with Crippen molar-refractivity contribution in [2.45, 2.75) is 20.5 Å². The van der Waals surface area contributed by atoms with Crippen LogP contribution in [0.5, 0.6) is 11.5 Å². The largest absolute Gasteiger partial charge is 0.493 e. The average Bonchev–Trinajstić information content (AvgIpc) is 3.18. The molecule has 3 aromatic carbocycles. The number of hydrogen-bond donors (Lipinski definition) is 0. The monoisotopic (exact) mass is 458 g/mol. The summed E-state index contributed by atoms with van der Waals surface area (Å²) in [4.78, 5) is 27.4. The molecule has 0 aliphatic carbocycles. The highest BCUT2D eigenvalue weighted by Crippen LogP contribution is 2.34. The van der Waals surface area contributed by atoms with Crippen molar-refractivity contribution in [3.05, 3.63) is 104 Å². The number of rotatable bonds is 7. The molecule has 0 fully saturated rings. The van der Waals surface area contributed by atoms with Gasteiger partial charge >= 0.3 is 5.97 Å². The van der Waals surface area contributed by atoms with Crippen LogP contribution in [0.3, 0.4) is 0 Å². The van der Waals surface area contributed by atoms with Gasteiger partial charge in [0.25, 0.3) is 5.69 Å². The number of ether oxygens (including phenoxy) is 3. The lowest BCUT2D eigenvalue weighted by molar-refractivity contribution is -0.385. The fourth-order valence-electron chi connectivity index (χ4n) is 3.59. The van der Waals surface area contributed by atoms with Crippen LogP contribution in [0, 0.1) is 24.0 Å². The normalized spacial score (nSPS) is 14.0. The molecule has 0 bridgehead atoms. The summed E-state index contributed by atoms with van der Waals surface area (Å²) in [6.45, 7) is 3.94. The SMILES string of the molecule is COc1cccc(/C=C2\N=C(c3ccc([N+](=O)[O-])c(C)c3)OC2=O)c1OCc1cccc(C)c1. The second-order valence-corrected chi connectivity index (χ2v) is 7.75. The zero-order valence-electron chi connectivity index (χ0n) is 18.9. The van der Waals surface area contributed by atoms with Crippen LogP contribution in [0.2, 0.25) is 0 Å². The third kappa shape index (κ3) is 4.80. The standard InChI is InChI=1S/C26H22N2O6/c1-16-6-4-7-18(12-16)15-33-24-19(8-5-9-23(24)32-3)14-21-26(29)34-25(27-21)20-10-11-22(28(30)31)17(2)13-20/h4-14H,15H2,1-3H3/b21-14-. The molecule has 8 nitrogen and oxygen atoms in total. The van der Waals surface area contributed by atoms with E-state index in [0.717, 1.165) is 11.1 Å². The second-order valence-electron chi connectivity index (χ2n) is 7.75. The molecule has 0 radical (unpaired) electrons. The van der Waals surface area contributed by atoms with Crippen LogP contribution in [0.4, 0.5) is 5.69 Å². The number of para-hydroxylation sites is 1. The van der Waals surface area contributed by atoms with Crippen LogP contribution >= 0.6 is 0 Å². The maximum Gasteiger partial charge on any atom is 0.363 e. The Hall–Kier alpha value is -4.46. The Kier molecular flexibility index (Phi) is 6.40. The Morgan fingerprint density at radius 1 is 1.09 bits per heavy atom. The number of esters is 1. The molecule has 0 atom stereocenters. The minimum absolute atomic E-state index is 0.0174. The quantitative estimate of drug-likeness (QED) is 0.210. The molecule has 1 aliphatic rings. The minimum Gasteiger partial charge on any atom is -0.493 e. The topological polar surface area (TPSA) is 100 Å². The number of methoxy groups -OCH3 is 1. The lowest BCUT2D eigenvalue weighted by Crippen LogP contribution is -2.06. The zero-order chi connectivity index (χ0) is 24.2. The van der Waals surface area contributed by atoms with E-state index in [4.69, 9.17) is 14.2 Å². The summed E-state index contributed by atoms with van der Waals surface area (Å²) in [5.74, 6) is 0.447. The molecular weight excluding hydrogens is 436 g/mol. The van der Waals surface area contributed by atoms with Crippen LogP contribution in [0.25, 0.3) is 6.08 Å². The van der Waals surface area contributed by atoms with Gasteiger partial charge in [0.15, 0.2) is 17.2 Å². The molecule has 1 heterocycles. The van der Waals surface area contributed by atoms with Crippen molar-refractivity contribution in [3.63, 3.8) is 0 Å². The number of carbonyl (C=O) groups is 1. The van der Waals surface area contributed by atoms with Crippen LogP contribution in [0.1, 0.15) is 27.8 Å². The van der Waals surface area contributed by atoms with Crippen LogP contribution in [0.15, 0.2) is 71.4 Å². The smallest absolute Gasteiger partial charge is 0.363 e. The number of nitro benzene ring substituents is 1. The van der Waals surface area contributed by atoms with Crippen molar-refractivity contribution in [1.82, 2.24) is 0 Å². The summed E-state index contributed by atoms with van der Waals surface area (Å²) in [7, 11) is 1.54. The minimum atomic E-state index is -0.626. The van der Waals surface area contributed by atoms with Gasteiger partial charge in [-0.15, -0.1) is 0 Å². The maximum atomic E-state index is 12.5. The number of cyclic esters (lactones) is 1. The molecule has 8 heteroatoms. The molecular formula is C26H22N2O6. The van der Waals surface area contributed by atoms with Gasteiger partial charge in [-0.2, -0.15) is 0 Å². The first-order valence-corrected chi connectivity index (χ1v) is 10.5. The molecule has 3 aromatic rings. The van der Waals surface area contributed by atoms with Crippen molar-refractivity contribution in [3.8, 4) is 11.5 Å². The highest BCUT2D eigenvalue weighted by Gasteiger charge is 2.26. The van der Waals surface area contributed by atoms with E-state index in [9.17, 15) is 14.9 Å². The van der Waals surface area contributed by atoms with E-state index >= 15 is 0 Å². The van der Waals surface area contributed by atoms with Gasteiger partial charge in [-0.1, -0.05) is 42.0 Å². The van der Waals surface area contributed by atoms with E-state index in [1.807, 2.05) is 31.2 Å². The Bertz CT molecular complexity index is 1340.